The van der Waals surface area contributed by atoms with Crippen molar-refractivity contribution in [2.45, 2.75) is 32.1 Å². The average molecular weight is 238 g/mol. The number of fused-ring (bicyclic) bond motifs is 1. The van der Waals surface area contributed by atoms with Gasteiger partial charge in [-0.15, -0.1) is 0 Å². The zero-order valence-corrected chi connectivity index (χ0v) is 10.7. The van der Waals surface area contributed by atoms with Crippen LogP contribution < -0.4 is 0 Å². The molecular formula is C17H18O. The van der Waals surface area contributed by atoms with E-state index in [9.17, 15) is 5.11 Å². The van der Waals surface area contributed by atoms with Gasteiger partial charge in [0.1, 0.15) is 5.75 Å². The highest BCUT2D eigenvalue weighted by Crippen LogP contribution is 2.37. The van der Waals surface area contributed by atoms with Crippen LogP contribution in [0.5, 0.6) is 5.75 Å². The normalized spacial score (nSPS) is 18.4. The van der Waals surface area contributed by atoms with Crippen molar-refractivity contribution >= 4 is 0 Å². The predicted octanol–water partition coefficient (Wildman–Crippen LogP) is 4.17. The number of phenolic OH excluding ortho intramolecular Hbond substituents is 1. The van der Waals surface area contributed by atoms with Crippen LogP contribution in [0.15, 0.2) is 42.5 Å². The number of benzene rings is 2. The van der Waals surface area contributed by atoms with Gasteiger partial charge in [-0.1, -0.05) is 36.4 Å². The lowest BCUT2D eigenvalue weighted by atomic mass is 9.79. The number of phenols is 1. The van der Waals surface area contributed by atoms with Crippen LogP contribution in [0.4, 0.5) is 0 Å². The Hall–Kier alpha value is -1.76. The minimum absolute atomic E-state index is 0.413. The first-order chi connectivity index (χ1) is 8.75. The first-order valence-electron chi connectivity index (χ1n) is 6.63. The predicted molar refractivity (Wildman–Crippen MR) is 74.1 cm³/mol. The lowest BCUT2D eigenvalue weighted by Gasteiger charge is -2.26. The van der Waals surface area contributed by atoms with Gasteiger partial charge in [-0.25, -0.2) is 0 Å². The van der Waals surface area contributed by atoms with Crippen molar-refractivity contribution in [3.63, 3.8) is 0 Å². The summed E-state index contributed by atoms with van der Waals surface area (Å²) in [6.45, 7) is 1.94. The van der Waals surface area contributed by atoms with Gasteiger partial charge in [0.15, 0.2) is 0 Å². The van der Waals surface area contributed by atoms with Crippen molar-refractivity contribution in [1.82, 2.24) is 0 Å². The van der Waals surface area contributed by atoms with Gasteiger partial charge in [0.05, 0.1) is 0 Å². The highest BCUT2D eigenvalue weighted by Gasteiger charge is 2.21. The lowest BCUT2D eigenvalue weighted by Crippen LogP contribution is -2.10. The van der Waals surface area contributed by atoms with E-state index in [2.05, 4.69) is 30.3 Å². The average Bonchev–Trinajstić information content (AvgIpc) is 2.41. The molecular weight excluding hydrogens is 220 g/mol. The summed E-state index contributed by atoms with van der Waals surface area (Å²) in [4.78, 5) is 0. The summed E-state index contributed by atoms with van der Waals surface area (Å²) in [5.74, 6) is 0.858. The summed E-state index contributed by atoms with van der Waals surface area (Å²) in [5, 5.41) is 9.88. The quantitative estimate of drug-likeness (QED) is 0.790. The molecule has 0 heterocycles. The summed E-state index contributed by atoms with van der Waals surface area (Å²) in [5.41, 5.74) is 5.09. The molecule has 0 fully saturated rings. The molecule has 18 heavy (non-hydrogen) atoms. The van der Waals surface area contributed by atoms with E-state index in [1.807, 2.05) is 19.1 Å². The van der Waals surface area contributed by atoms with Crippen molar-refractivity contribution in [3.8, 4) is 5.75 Å². The second-order valence-corrected chi connectivity index (χ2v) is 5.19. The van der Waals surface area contributed by atoms with E-state index >= 15 is 0 Å². The van der Waals surface area contributed by atoms with Gasteiger partial charge in [-0.2, -0.15) is 0 Å². The Kier molecular flexibility index (Phi) is 2.83. The minimum atomic E-state index is 0.413. The molecule has 0 aliphatic heterocycles. The molecule has 1 unspecified atom stereocenters. The van der Waals surface area contributed by atoms with Crippen molar-refractivity contribution in [2.75, 3.05) is 0 Å². The van der Waals surface area contributed by atoms with E-state index in [0.29, 0.717) is 11.7 Å². The molecule has 0 aromatic heterocycles. The molecule has 2 aromatic carbocycles. The molecule has 92 valence electrons. The molecule has 1 atom stereocenters. The van der Waals surface area contributed by atoms with Gasteiger partial charge in [0.2, 0.25) is 0 Å². The van der Waals surface area contributed by atoms with Crippen LogP contribution in [0, 0.1) is 6.92 Å². The van der Waals surface area contributed by atoms with Gasteiger partial charge in [0, 0.05) is 5.92 Å². The van der Waals surface area contributed by atoms with E-state index in [4.69, 9.17) is 0 Å². The van der Waals surface area contributed by atoms with Gasteiger partial charge in [-0.05, 0) is 54.5 Å². The molecule has 0 saturated carbocycles. The topological polar surface area (TPSA) is 20.2 Å². The molecule has 2 aromatic rings. The minimum Gasteiger partial charge on any atom is -0.508 e. The molecule has 0 radical (unpaired) electrons. The van der Waals surface area contributed by atoms with Gasteiger partial charge < -0.3 is 5.11 Å². The molecule has 1 N–H and O–H groups in total. The van der Waals surface area contributed by atoms with E-state index in [0.717, 1.165) is 5.56 Å². The SMILES string of the molecule is Cc1ccc(C2CCCc3ccccc32)cc1O. The Morgan fingerprint density at radius 2 is 1.94 bits per heavy atom. The number of aryl methyl sites for hydroxylation is 2. The Morgan fingerprint density at radius 3 is 2.78 bits per heavy atom. The second kappa shape index (κ2) is 4.49. The number of aromatic hydroxyl groups is 1. The number of hydrogen-bond acceptors (Lipinski definition) is 1. The molecule has 0 spiro atoms. The van der Waals surface area contributed by atoms with Crippen LogP contribution in [0.1, 0.15) is 41.0 Å². The molecule has 0 saturated heterocycles. The first kappa shape index (κ1) is 11.3. The molecule has 0 amide bonds. The third-order valence-corrected chi connectivity index (χ3v) is 4.00. The van der Waals surface area contributed by atoms with Gasteiger partial charge >= 0.3 is 0 Å². The fourth-order valence-corrected chi connectivity index (χ4v) is 2.94. The lowest BCUT2D eigenvalue weighted by molar-refractivity contribution is 0.469. The van der Waals surface area contributed by atoms with E-state index in [-0.39, 0.29) is 0 Å². The van der Waals surface area contributed by atoms with Crippen LogP contribution in [-0.2, 0) is 6.42 Å². The maximum absolute atomic E-state index is 9.88. The van der Waals surface area contributed by atoms with E-state index < -0.39 is 0 Å². The van der Waals surface area contributed by atoms with Crippen LogP contribution in [0.2, 0.25) is 0 Å². The van der Waals surface area contributed by atoms with Crippen molar-refractivity contribution in [3.05, 3.63) is 64.7 Å². The maximum Gasteiger partial charge on any atom is 0.118 e. The standard InChI is InChI=1S/C17H18O/c1-12-9-10-14(11-17(12)18)16-8-4-6-13-5-2-3-7-15(13)16/h2-3,5,7,9-11,16,18H,4,6,8H2,1H3. The number of hydrogen-bond donors (Lipinski definition) is 1. The molecule has 1 aliphatic carbocycles. The van der Waals surface area contributed by atoms with E-state index in [1.54, 1.807) is 0 Å². The van der Waals surface area contributed by atoms with Crippen molar-refractivity contribution < 1.29 is 5.11 Å². The zero-order chi connectivity index (χ0) is 12.5. The van der Waals surface area contributed by atoms with Gasteiger partial charge in [0.25, 0.3) is 0 Å². The summed E-state index contributed by atoms with van der Waals surface area (Å²) in [7, 11) is 0. The third kappa shape index (κ3) is 1.90. The van der Waals surface area contributed by atoms with Gasteiger partial charge in [-0.3, -0.25) is 0 Å². The van der Waals surface area contributed by atoms with Crippen molar-refractivity contribution in [1.29, 1.82) is 0 Å². The highest BCUT2D eigenvalue weighted by atomic mass is 16.3. The fraction of sp³-hybridized carbons (Fsp3) is 0.294. The molecule has 1 heteroatoms. The molecule has 3 rings (SSSR count). The second-order valence-electron chi connectivity index (χ2n) is 5.19. The Bertz CT molecular complexity index is 572. The summed E-state index contributed by atoms with van der Waals surface area (Å²) in [6, 6.07) is 14.8. The maximum atomic E-state index is 9.88. The van der Waals surface area contributed by atoms with E-state index in [1.165, 1.54) is 36.0 Å². The highest BCUT2D eigenvalue weighted by molar-refractivity contribution is 5.44. The summed E-state index contributed by atoms with van der Waals surface area (Å²) < 4.78 is 0. The third-order valence-electron chi connectivity index (χ3n) is 4.00. The Balaban J connectivity index is 2.05. The van der Waals surface area contributed by atoms with Crippen LogP contribution >= 0.6 is 0 Å². The Labute approximate surface area is 108 Å². The monoisotopic (exact) mass is 238 g/mol. The number of rotatable bonds is 1. The molecule has 0 bridgehead atoms. The molecule has 1 nitrogen and oxygen atoms in total. The summed E-state index contributed by atoms with van der Waals surface area (Å²) in [6.07, 6.45) is 3.60. The van der Waals surface area contributed by atoms with Crippen LogP contribution in [0.3, 0.4) is 0 Å². The van der Waals surface area contributed by atoms with Crippen LogP contribution in [-0.4, -0.2) is 5.11 Å². The largest absolute Gasteiger partial charge is 0.508 e. The first-order valence-corrected chi connectivity index (χ1v) is 6.63. The van der Waals surface area contributed by atoms with Crippen LogP contribution in [0.25, 0.3) is 0 Å². The van der Waals surface area contributed by atoms with Crippen molar-refractivity contribution in [2.24, 2.45) is 0 Å². The molecule has 1 aliphatic rings. The summed E-state index contributed by atoms with van der Waals surface area (Å²) >= 11 is 0. The zero-order valence-electron chi connectivity index (χ0n) is 10.7. The Morgan fingerprint density at radius 1 is 1.11 bits per heavy atom. The fourth-order valence-electron chi connectivity index (χ4n) is 2.94. The smallest absolute Gasteiger partial charge is 0.118 e.